The summed E-state index contributed by atoms with van der Waals surface area (Å²) < 4.78 is 12.8. The van der Waals surface area contributed by atoms with Crippen molar-refractivity contribution < 1.29 is 14.0 Å². The molecule has 0 atom stereocenters. The number of carbonyl (C=O) groups excluding carboxylic acids is 2. The summed E-state index contributed by atoms with van der Waals surface area (Å²) in [6.45, 7) is 0.921. The molecule has 0 aromatic heterocycles. The fraction of sp³-hybridized carbons (Fsp3) is 0.263. The molecule has 24 heavy (non-hydrogen) atoms. The van der Waals surface area contributed by atoms with E-state index in [4.69, 9.17) is 0 Å². The van der Waals surface area contributed by atoms with E-state index in [-0.39, 0.29) is 30.6 Å². The summed E-state index contributed by atoms with van der Waals surface area (Å²) in [6.07, 6.45) is 1.67. The van der Waals surface area contributed by atoms with Crippen LogP contribution in [0.5, 0.6) is 0 Å². The molecule has 3 rings (SSSR count). The predicted molar refractivity (Wildman–Crippen MR) is 90.0 cm³/mol. The van der Waals surface area contributed by atoms with Gasteiger partial charge in [-0.25, -0.2) is 4.39 Å². The quantitative estimate of drug-likeness (QED) is 0.879. The van der Waals surface area contributed by atoms with Crippen LogP contribution in [0, 0.1) is 5.82 Å². The third-order valence-corrected chi connectivity index (χ3v) is 4.13. The first-order chi connectivity index (χ1) is 11.6. The van der Waals surface area contributed by atoms with Crippen molar-refractivity contribution in [1.29, 1.82) is 0 Å². The largest absolute Gasteiger partial charge is 0.352 e. The number of nitrogens with one attached hydrogen (secondary N) is 1. The molecule has 1 aliphatic heterocycles. The molecule has 4 nitrogen and oxygen atoms in total. The highest BCUT2D eigenvalue weighted by Crippen LogP contribution is 2.27. The summed E-state index contributed by atoms with van der Waals surface area (Å²) >= 11 is 0. The second-order valence-corrected chi connectivity index (χ2v) is 5.86. The summed E-state index contributed by atoms with van der Waals surface area (Å²) in [6, 6.07) is 13.7. The molecule has 124 valence electrons. The van der Waals surface area contributed by atoms with Crippen LogP contribution in [-0.4, -0.2) is 18.4 Å². The van der Waals surface area contributed by atoms with E-state index >= 15 is 0 Å². The molecule has 1 heterocycles. The van der Waals surface area contributed by atoms with Gasteiger partial charge >= 0.3 is 0 Å². The molecule has 1 aliphatic rings. The van der Waals surface area contributed by atoms with Crippen LogP contribution in [0.1, 0.15) is 24.0 Å². The molecule has 2 aromatic carbocycles. The van der Waals surface area contributed by atoms with E-state index in [0.717, 1.165) is 29.7 Å². The number of carbonyl (C=O) groups is 2. The Hall–Kier alpha value is -2.69. The second-order valence-electron chi connectivity index (χ2n) is 5.86. The molecule has 0 radical (unpaired) electrons. The molecule has 2 amide bonds. The van der Waals surface area contributed by atoms with Crippen LogP contribution in [0.4, 0.5) is 10.1 Å². The fourth-order valence-corrected chi connectivity index (χ4v) is 2.89. The average molecular weight is 326 g/mol. The average Bonchev–Trinajstić information content (AvgIpc) is 2.60. The molecule has 0 bridgehead atoms. The zero-order valence-corrected chi connectivity index (χ0v) is 13.3. The molecular formula is C19H19FN2O2. The summed E-state index contributed by atoms with van der Waals surface area (Å²) in [5.41, 5.74) is 2.84. The third-order valence-electron chi connectivity index (χ3n) is 4.13. The Morgan fingerprint density at radius 1 is 1.08 bits per heavy atom. The van der Waals surface area contributed by atoms with Crippen molar-refractivity contribution in [3.05, 3.63) is 65.5 Å². The van der Waals surface area contributed by atoms with Gasteiger partial charge in [0.15, 0.2) is 0 Å². The SMILES string of the molecule is O=C(CC(=O)N1CCCc2ccccc21)NCc1ccc(F)cc1. The first-order valence-corrected chi connectivity index (χ1v) is 8.03. The number of aryl methyl sites for hydroxylation is 1. The van der Waals surface area contributed by atoms with Crippen molar-refractivity contribution in [3.63, 3.8) is 0 Å². The van der Waals surface area contributed by atoms with Gasteiger partial charge in [-0.2, -0.15) is 0 Å². The molecular weight excluding hydrogens is 307 g/mol. The monoisotopic (exact) mass is 326 g/mol. The molecule has 0 aliphatic carbocycles. The van der Waals surface area contributed by atoms with Crippen LogP contribution in [-0.2, 0) is 22.6 Å². The zero-order valence-electron chi connectivity index (χ0n) is 13.3. The van der Waals surface area contributed by atoms with Crippen molar-refractivity contribution >= 4 is 17.5 Å². The highest BCUT2D eigenvalue weighted by atomic mass is 19.1. The number of fused-ring (bicyclic) bond motifs is 1. The molecule has 0 spiro atoms. The molecule has 0 saturated heterocycles. The molecule has 2 aromatic rings. The number of nitrogens with zero attached hydrogens (tertiary/aromatic N) is 1. The number of hydrogen-bond donors (Lipinski definition) is 1. The summed E-state index contributed by atoms with van der Waals surface area (Å²) in [5, 5.41) is 2.70. The number of para-hydroxylation sites is 1. The van der Waals surface area contributed by atoms with Gasteiger partial charge in [0, 0.05) is 18.8 Å². The maximum atomic E-state index is 12.8. The summed E-state index contributed by atoms with van der Waals surface area (Å²) in [5.74, 6) is -0.838. The van der Waals surface area contributed by atoms with E-state index in [0.29, 0.717) is 6.54 Å². The van der Waals surface area contributed by atoms with Gasteiger partial charge in [-0.3, -0.25) is 9.59 Å². The van der Waals surface area contributed by atoms with E-state index in [2.05, 4.69) is 5.32 Å². The summed E-state index contributed by atoms with van der Waals surface area (Å²) in [4.78, 5) is 26.1. The number of anilines is 1. The van der Waals surface area contributed by atoms with Gasteiger partial charge in [-0.05, 0) is 42.2 Å². The van der Waals surface area contributed by atoms with Gasteiger partial charge in [-0.15, -0.1) is 0 Å². The Morgan fingerprint density at radius 3 is 2.62 bits per heavy atom. The van der Waals surface area contributed by atoms with E-state index in [1.165, 1.54) is 12.1 Å². The fourth-order valence-electron chi connectivity index (χ4n) is 2.89. The number of amides is 2. The van der Waals surface area contributed by atoms with Gasteiger partial charge in [-0.1, -0.05) is 30.3 Å². The van der Waals surface area contributed by atoms with Crippen LogP contribution < -0.4 is 10.2 Å². The lowest BCUT2D eigenvalue weighted by molar-refractivity contribution is -0.128. The maximum Gasteiger partial charge on any atom is 0.236 e. The maximum absolute atomic E-state index is 12.8. The lowest BCUT2D eigenvalue weighted by Crippen LogP contribution is -2.38. The van der Waals surface area contributed by atoms with Crippen molar-refractivity contribution in [2.24, 2.45) is 0 Å². The van der Waals surface area contributed by atoms with Gasteiger partial charge in [0.1, 0.15) is 12.2 Å². The van der Waals surface area contributed by atoms with Crippen LogP contribution in [0.15, 0.2) is 48.5 Å². The summed E-state index contributed by atoms with van der Waals surface area (Å²) in [7, 11) is 0. The van der Waals surface area contributed by atoms with Crippen molar-refractivity contribution in [1.82, 2.24) is 5.32 Å². The topological polar surface area (TPSA) is 49.4 Å². The number of rotatable bonds is 4. The van der Waals surface area contributed by atoms with Gasteiger partial charge in [0.2, 0.25) is 11.8 Å². The lowest BCUT2D eigenvalue weighted by atomic mass is 10.0. The van der Waals surface area contributed by atoms with Crippen LogP contribution >= 0.6 is 0 Å². The highest BCUT2D eigenvalue weighted by molar-refractivity contribution is 6.05. The minimum Gasteiger partial charge on any atom is -0.352 e. The first-order valence-electron chi connectivity index (χ1n) is 8.03. The molecule has 0 saturated carbocycles. The lowest BCUT2D eigenvalue weighted by Gasteiger charge is -2.29. The minimum atomic E-state index is -0.327. The Kier molecular flexibility index (Phi) is 4.89. The van der Waals surface area contributed by atoms with Gasteiger partial charge < -0.3 is 10.2 Å². The molecule has 0 unspecified atom stereocenters. The predicted octanol–water partition coefficient (Wildman–Crippen LogP) is 2.81. The van der Waals surface area contributed by atoms with Crippen molar-refractivity contribution in [2.45, 2.75) is 25.8 Å². The smallest absolute Gasteiger partial charge is 0.236 e. The van der Waals surface area contributed by atoms with Crippen LogP contribution in [0.2, 0.25) is 0 Å². The Balaban J connectivity index is 1.57. The van der Waals surface area contributed by atoms with Crippen molar-refractivity contribution in [2.75, 3.05) is 11.4 Å². The standard InChI is InChI=1S/C19H19FN2O2/c20-16-9-7-14(8-10-16)13-21-18(23)12-19(24)22-11-3-5-15-4-1-2-6-17(15)22/h1-2,4,6-10H,3,5,11-13H2,(H,21,23). The third kappa shape index (κ3) is 3.79. The number of hydrogen-bond acceptors (Lipinski definition) is 2. The van der Waals surface area contributed by atoms with Gasteiger partial charge in [0.25, 0.3) is 0 Å². The number of benzene rings is 2. The van der Waals surface area contributed by atoms with Gasteiger partial charge in [0.05, 0.1) is 0 Å². The van der Waals surface area contributed by atoms with E-state index in [9.17, 15) is 14.0 Å². The van der Waals surface area contributed by atoms with Crippen molar-refractivity contribution in [3.8, 4) is 0 Å². The van der Waals surface area contributed by atoms with Crippen LogP contribution in [0.3, 0.4) is 0 Å². The second kappa shape index (κ2) is 7.25. The molecule has 1 N–H and O–H groups in total. The van der Waals surface area contributed by atoms with Crippen LogP contribution in [0.25, 0.3) is 0 Å². The first kappa shape index (κ1) is 16.2. The molecule has 5 heteroatoms. The highest BCUT2D eigenvalue weighted by Gasteiger charge is 2.23. The van der Waals surface area contributed by atoms with E-state index < -0.39 is 0 Å². The Labute approximate surface area is 140 Å². The number of halogens is 1. The van der Waals surface area contributed by atoms with E-state index in [1.54, 1.807) is 17.0 Å². The minimum absolute atomic E-state index is 0.185. The Morgan fingerprint density at radius 2 is 1.83 bits per heavy atom. The molecule has 0 fully saturated rings. The van der Waals surface area contributed by atoms with E-state index in [1.807, 2.05) is 24.3 Å². The zero-order chi connectivity index (χ0) is 16.9. The Bertz CT molecular complexity index is 743. The normalized spacial score (nSPS) is 13.3.